The first-order valence-electron chi connectivity index (χ1n) is 7.24. The third-order valence-electron chi connectivity index (χ3n) is 3.27. The highest BCUT2D eigenvalue weighted by molar-refractivity contribution is 5.68. The second-order valence-corrected chi connectivity index (χ2v) is 4.98. The number of unbranched alkanes of at least 4 members (excludes halogenated alkanes) is 1. The number of azo groups is 1. The van der Waals surface area contributed by atoms with E-state index in [-0.39, 0.29) is 0 Å². The van der Waals surface area contributed by atoms with E-state index in [9.17, 15) is 4.79 Å². The SMILES string of the molecule is CCCCOC1(C=O)C=CC(N=Nc2ccccc2)=CC1. The molecule has 0 aliphatic heterocycles. The van der Waals surface area contributed by atoms with Gasteiger partial charge in [-0.1, -0.05) is 37.6 Å². The number of benzene rings is 1. The highest BCUT2D eigenvalue weighted by Crippen LogP contribution is 2.25. The lowest BCUT2D eigenvalue weighted by Crippen LogP contribution is -2.33. The van der Waals surface area contributed by atoms with Crippen molar-refractivity contribution in [2.75, 3.05) is 6.61 Å². The molecule has 1 aliphatic rings. The maximum absolute atomic E-state index is 11.3. The van der Waals surface area contributed by atoms with E-state index in [0.717, 1.165) is 30.5 Å². The predicted molar refractivity (Wildman–Crippen MR) is 82.5 cm³/mol. The molecule has 4 nitrogen and oxygen atoms in total. The average Bonchev–Trinajstić information content (AvgIpc) is 2.55. The van der Waals surface area contributed by atoms with Gasteiger partial charge in [0.2, 0.25) is 0 Å². The molecule has 0 bridgehead atoms. The lowest BCUT2D eigenvalue weighted by Gasteiger charge is -2.25. The molecule has 110 valence electrons. The van der Waals surface area contributed by atoms with Gasteiger partial charge in [0.25, 0.3) is 0 Å². The number of rotatable bonds is 7. The van der Waals surface area contributed by atoms with Crippen molar-refractivity contribution < 1.29 is 9.53 Å². The normalized spacial score (nSPS) is 21.5. The molecule has 0 fully saturated rings. The summed E-state index contributed by atoms with van der Waals surface area (Å²) in [5.74, 6) is 0. The van der Waals surface area contributed by atoms with Crippen LogP contribution >= 0.6 is 0 Å². The molecule has 0 saturated carbocycles. The number of hydrogen-bond acceptors (Lipinski definition) is 4. The van der Waals surface area contributed by atoms with E-state index in [1.165, 1.54) is 0 Å². The second-order valence-electron chi connectivity index (χ2n) is 4.98. The van der Waals surface area contributed by atoms with E-state index < -0.39 is 5.60 Å². The molecule has 1 aliphatic carbocycles. The van der Waals surface area contributed by atoms with Crippen LogP contribution in [0.1, 0.15) is 26.2 Å². The van der Waals surface area contributed by atoms with Crippen LogP contribution < -0.4 is 0 Å². The Morgan fingerprint density at radius 3 is 2.71 bits per heavy atom. The molecule has 0 saturated heterocycles. The molecule has 0 spiro atoms. The third kappa shape index (κ3) is 4.46. The zero-order valence-electron chi connectivity index (χ0n) is 12.2. The molecule has 1 unspecified atom stereocenters. The van der Waals surface area contributed by atoms with E-state index in [1.807, 2.05) is 36.4 Å². The fourth-order valence-electron chi connectivity index (χ4n) is 1.95. The average molecular weight is 284 g/mol. The summed E-state index contributed by atoms with van der Waals surface area (Å²) < 4.78 is 5.70. The highest BCUT2D eigenvalue weighted by atomic mass is 16.5. The molecule has 0 amide bonds. The van der Waals surface area contributed by atoms with Gasteiger partial charge in [-0.15, -0.1) is 0 Å². The van der Waals surface area contributed by atoms with Crippen molar-refractivity contribution in [3.63, 3.8) is 0 Å². The molecule has 0 radical (unpaired) electrons. The maximum atomic E-state index is 11.3. The van der Waals surface area contributed by atoms with Crippen molar-refractivity contribution in [2.45, 2.75) is 31.8 Å². The van der Waals surface area contributed by atoms with E-state index in [0.29, 0.717) is 13.0 Å². The van der Waals surface area contributed by atoms with Crippen molar-refractivity contribution in [1.82, 2.24) is 0 Å². The van der Waals surface area contributed by atoms with Gasteiger partial charge in [0.15, 0.2) is 6.29 Å². The first kappa shape index (κ1) is 15.3. The Balaban J connectivity index is 1.96. The Morgan fingerprint density at radius 1 is 1.29 bits per heavy atom. The Hall–Kier alpha value is -2.07. The maximum Gasteiger partial charge on any atom is 0.156 e. The minimum atomic E-state index is -0.832. The van der Waals surface area contributed by atoms with Crippen LogP contribution in [-0.4, -0.2) is 18.5 Å². The summed E-state index contributed by atoms with van der Waals surface area (Å²) in [5, 5.41) is 8.33. The van der Waals surface area contributed by atoms with Crippen molar-refractivity contribution in [2.24, 2.45) is 10.2 Å². The largest absolute Gasteiger partial charge is 0.363 e. The number of ether oxygens (including phenoxy) is 1. The highest BCUT2D eigenvalue weighted by Gasteiger charge is 2.28. The molecular formula is C17H20N2O2. The van der Waals surface area contributed by atoms with E-state index in [4.69, 9.17) is 4.74 Å². The van der Waals surface area contributed by atoms with Gasteiger partial charge in [0, 0.05) is 13.0 Å². The van der Waals surface area contributed by atoms with Gasteiger partial charge in [0.1, 0.15) is 5.60 Å². The van der Waals surface area contributed by atoms with Gasteiger partial charge < -0.3 is 4.74 Å². The molecule has 0 N–H and O–H groups in total. The number of carbonyl (C=O) groups excluding carboxylic acids is 1. The van der Waals surface area contributed by atoms with Crippen molar-refractivity contribution in [1.29, 1.82) is 0 Å². The molecule has 21 heavy (non-hydrogen) atoms. The van der Waals surface area contributed by atoms with Gasteiger partial charge >= 0.3 is 0 Å². The van der Waals surface area contributed by atoms with Gasteiger partial charge in [0.05, 0.1) is 11.4 Å². The summed E-state index contributed by atoms with van der Waals surface area (Å²) in [5.41, 5.74) is 0.717. The molecule has 4 heteroatoms. The summed E-state index contributed by atoms with van der Waals surface area (Å²) in [6, 6.07) is 9.54. The molecule has 2 rings (SSSR count). The van der Waals surface area contributed by atoms with Gasteiger partial charge in [-0.3, -0.25) is 4.79 Å². The molecule has 1 aromatic rings. The zero-order valence-corrected chi connectivity index (χ0v) is 12.2. The van der Waals surface area contributed by atoms with Crippen LogP contribution in [0.15, 0.2) is 64.5 Å². The lowest BCUT2D eigenvalue weighted by molar-refractivity contribution is -0.125. The van der Waals surface area contributed by atoms with Gasteiger partial charge in [-0.2, -0.15) is 10.2 Å². The van der Waals surface area contributed by atoms with Crippen LogP contribution in [0.3, 0.4) is 0 Å². The van der Waals surface area contributed by atoms with Crippen molar-refractivity contribution in [3.8, 4) is 0 Å². The number of hydrogen-bond donors (Lipinski definition) is 0. The van der Waals surface area contributed by atoms with E-state index >= 15 is 0 Å². The van der Waals surface area contributed by atoms with Crippen LogP contribution in [0.5, 0.6) is 0 Å². The van der Waals surface area contributed by atoms with Crippen LogP contribution in [0.25, 0.3) is 0 Å². The molecule has 1 atom stereocenters. The fourth-order valence-corrected chi connectivity index (χ4v) is 1.95. The smallest absolute Gasteiger partial charge is 0.156 e. The first-order chi connectivity index (χ1) is 10.3. The second kappa shape index (κ2) is 7.64. The fraction of sp³-hybridized carbons (Fsp3) is 0.353. The van der Waals surface area contributed by atoms with Gasteiger partial charge in [-0.25, -0.2) is 0 Å². The summed E-state index contributed by atoms with van der Waals surface area (Å²) in [6.45, 7) is 2.68. The lowest BCUT2D eigenvalue weighted by atomic mass is 9.95. The van der Waals surface area contributed by atoms with Crippen molar-refractivity contribution in [3.05, 3.63) is 54.3 Å². The monoisotopic (exact) mass is 284 g/mol. The summed E-state index contributed by atoms with van der Waals surface area (Å²) in [6.07, 6.45) is 8.80. The molecule has 1 aromatic carbocycles. The number of nitrogens with zero attached hydrogens (tertiary/aromatic N) is 2. The topological polar surface area (TPSA) is 51.0 Å². The number of aldehydes is 1. The summed E-state index contributed by atoms with van der Waals surface area (Å²) in [7, 11) is 0. The summed E-state index contributed by atoms with van der Waals surface area (Å²) in [4.78, 5) is 11.3. The Morgan fingerprint density at radius 2 is 2.10 bits per heavy atom. The molecule has 0 aromatic heterocycles. The number of carbonyl (C=O) groups is 1. The van der Waals surface area contributed by atoms with Crippen LogP contribution in [0.2, 0.25) is 0 Å². The van der Waals surface area contributed by atoms with Crippen molar-refractivity contribution >= 4 is 12.0 Å². The molecule has 0 heterocycles. The minimum Gasteiger partial charge on any atom is -0.363 e. The minimum absolute atomic E-state index is 0.500. The summed E-state index contributed by atoms with van der Waals surface area (Å²) >= 11 is 0. The Kier molecular flexibility index (Phi) is 5.58. The standard InChI is InChI=1S/C17H20N2O2/c1-2-3-13-21-17(14-20)11-9-16(10-12-17)19-18-15-7-5-4-6-8-15/h4-11,14H,2-3,12-13H2,1H3. The quantitative estimate of drug-likeness (QED) is 0.424. The van der Waals surface area contributed by atoms with Crippen LogP contribution in [-0.2, 0) is 9.53 Å². The Labute approximate surface area is 125 Å². The van der Waals surface area contributed by atoms with E-state index in [1.54, 1.807) is 12.2 Å². The van der Waals surface area contributed by atoms with Crippen LogP contribution in [0, 0.1) is 0 Å². The number of allylic oxidation sites excluding steroid dienone is 1. The van der Waals surface area contributed by atoms with Gasteiger partial charge in [-0.05, 0) is 30.7 Å². The first-order valence-corrected chi connectivity index (χ1v) is 7.24. The van der Waals surface area contributed by atoms with Crippen LogP contribution in [0.4, 0.5) is 5.69 Å². The third-order valence-corrected chi connectivity index (χ3v) is 3.27. The molecular weight excluding hydrogens is 264 g/mol. The van der Waals surface area contributed by atoms with E-state index in [2.05, 4.69) is 17.2 Å². The predicted octanol–water partition coefficient (Wildman–Crippen LogP) is 4.37. The zero-order chi connectivity index (χ0) is 15.0. The Bertz CT molecular complexity index is 549.